The second kappa shape index (κ2) is 6.40. The molecule has 0 saturated heterocycles. The summed E-state index contributed by atoms with van der Waals surface area (Å²) in [5, 5.41) is 8.92. The van der Waals surface area contributed by atoms with Crippen LogP contribution in [0.15, 0.2) is 18.2 Å². The highest BCUT2D eigenvalue weighted by atomic mass is 16.5. The molecule has 1 aromatic carbocycles. The molecule has 100 valence electrons. The summed E-state index contributed by atoms with van der Waals surface area (Å²) in [6.07, 6.45) is 0. The molecule has 0 aliphatic carbocycles. The Balaban J connectivity index is 2.92. The van der Waals surface area contributed by atoms with Gasteiger partial charge in [0.05, 0.1) is 13.7 Å². The van der Waals surface area contributed by atoms with Gasteiger partial charge in [0, 0.05) is 18.2 Å². The molecule has 0 heterocycles. The van der Waals surface area contributed by atoms with Crippen LogP contribution in [0, 0.1) is 6.92 Å². The summed E-state index contributed by atoms with van der Waals surface area (Å²) in [6, 6.07) is 6.12. The van der Waals surface area contributed by atoms with E-state index in [1.54, 1.807) is 7.11 Å². The van der Waals surface area contributed by atoms with E-state index in [2.05, 4.69) is 0 Å². The maximum absolute atomic E-state index is 10.9. The predicted octanol–water partition coefficient (Wildman–Crippen LogP) is 2.30. The third-order valence-corrected chi connectivity index (χ3v) is 2.88. The van der Waals surface area contributed by atoms with Crippen LogP contribution in [0.3, 0.4) is 0 Å². The van der Waals surface area contributed by atoms with Crippen LogP contribution >= 0.6 is 0 Å². The molecule has 0 saturated carbocycles. The molecule has 0 fully saturated rings. The van der Waals surface area contributed by atoms with Crippen molar-refractivity contribution < 1.29 is 14.6 Å². The van der Waals surface area contributed by atoms with Crippen molar-refractivity contribution >= 4 is 5.97 Å². The number of aliphatic carboxylic acids is 1. The number of carbonyl (C=O) groups is 1. The summed E-state index contributed by atoms with van der Waals surface area (Å²) in [5.41, 5.74) is 2.16. The second-order valence-electron chi connectivity index (χ2n) is 4.71. The minimum atomic E-state index is -0.810. The van der Waals surface area contributed by atoms with Crippen LogP contribution in [0.25, 0.3) is 0 Å². The molecule has 1 aromatic rings. The molecule has 0 unspecified atom stereocenters. The lowest BCUT2D eigenvalue weighted by Crippen LogP contribution is -2.35. The zero-order valence-corrected chi connectivity index (χ0v) is 11.4. The Labute approximate surface area is 108 Å². The average molecular weight is 251 g/mol. The van der Waals surface area contributed by atoms with Crippen LogP contribution in [0.2, 0.25) is 0 Å². The van der Waals surface area contributed by atoms with E-state index in [-0.39, 0.29) is 12.6 Å². The van der Waals surface area contributed by atoms with Gasteiger partial charge in [0.2, 0.25) is 0 Å². The summed E-state index contributed by atoms with van der Waals surface area (Å²) in [5.74, 6) is -0.00745. The van der Waals surface area contributed by atoms with Gasteiger partial charge in [-0.2, -0.15) is 0 Å². The summed E-state index contributed by atoms with van der Waals surface area (Å²) >= 11 is 0. The number of nitrogens with zero attached hydrogens (tertiary/aromatic N) is 1. The molecule has 1 N–H and O–H groups in total. The van der Waals surface area contributed by atoms with Gasteiger partial charge in [0.1, 0.15) is 5.75 Å². The molecule has 0 amide bonds. The van der Waals surface area contributed by atoms with Crippen molar-refractivity contribution in [3.05, 3.63) is 29.3 Å². The molecule has 1 rings (SSSR count). The van der Waals surface area contributed by atoms with Gasteiger partial charge in [-0.1, -0.05) is 17.7 Å². The summed E-state index contributed by atoms with van der Waals surface area (Å²) in [4.78, 5) is 12.8. The lowest BCUT2D eigenvalue weighted by Gasteiger charge is -2.25. The number of carboxylic acid groups (broad SMARTS) is 1. The number of rotatable bonds is 6. The number of methoxy groups -OCH3 is 1. The van der Waals surface area contributed by atoms with Crippen molar-refractivity contribution in [3.8, 4) is 5.75 Å². The fourth-order valence-electron chi connectivity index (χ4n) is 1.84. The molecule has 18 heavy (non-hydrogen) atoms. The highest BCUT2D eigenvalue weighted by molar-refractivity contribution is 5.69. The molecule has 0 aliphatic heterocycles. The fraction of sp³-hybridized carbons (Fsp3) is 0.500. The maximum atomic E-state index is 10.9. The normalized spacial score (nSPS) is 11.0. The standard InChI is InChI=1S/C14H21NO3/c1-10(2)15(9-14(16)17)8-12-7-11(3)5-6-13(12)18-4/h5-7,10H,8-9H2,1-4H3,(H,16,17). The molecule has 0 aromatic heterocycles. The number of carboxylic acids is 1. The Morgan fingerprint density at radius 1 is 1.44 bits per heavy atom. The molecule has 0 spiro atoms. The van der Waals surface area contributed by atoms with E-state index in [9.17, 15) is 4.79 Å². The van der Waals surface area contributed by atoms with Crippen molar-refractivity contribution in [2.75, 3.05) is 13.7 Å². The Morgan fingerprint density at radius 3 is 2.61 bits per heavy atom. The monoisotopic (exact) mass is 251 g/mol. The largest absolute Gasteiger partial charge is 0.496 e. The number of hydrogen-bond acceptors (Lipinski definition) is 3. The van der Waals surface area contributed by atoms with E-state index >= 15 is 0 Å². The Morgan fingerprint density at radius 2 is 2.11 bits per heavy atom. The van der Waals surface area contributed by atoms with Gasteiger partial charge in [-0.05, 0) is 26.8 Å². The average Bonchev–Trinajstić information content (AvgIpc) is 2.27. The fourth-order valence-corrected chi connectivity index (χ4v) is 1.84. The van der Waals surface area contributed by atoms with E-state index in [0.717, 1.165) is 16.9 Å². The van der Waals surface area contributed by atoms with Crippen LogP contribution in [-0.2, 0) is 11.3 Å². The minimum absolute atomic E-state index is 0.0365. The Bertz CT molecular complexity index is 416. The van der Waals surface area contributed by atoms with Crippen molar-refractivity contribution in [2.45, 2.75) is 33.4 Å². The molecule has 4 heteroatoms. The lowest BCUT2D eigenvalue weighted by atomic mass is 10.1. The first-order chi connectivity index (χ1) is 8.43. The van der Waals surface area contributed by atoms with Gasteiger partial charge in [0.15, 0.2) is 0 Å². The smallest absolute Gasteiger partial charge is 0.317 e. The van der Waals surface area contributed by atoms with Gasteiger partial charge >= 0.3 is 5.97 Å². The highest BCUT2D eigenvalue weighted by Gasteiger charge is 2.15. The third kappa shape index (κ3) is 4.04. The van der Waals surface area contributed by atoms with E-state index in [1.165, 1.54) is 0 Å². The number of benzene rings is 1. The highest BCUT2D eigenvalue weighted by Crippen LogP contribution is 2.22. The van der Waals surface area contributed by atoms with Crippen molar-refractivity contribution in [3.63, 3.8) is 0 Å². The van der Waals surface area contributed by atoms with E-state index < -0.39 is 5.97 Å². The van der Waals surface area contributed by atoms with Gasteiger partial charge in [0.25, 0.3) is 0 Å². The minimum Gasteiger partial charge on any atom is -0.496 e. The Hall–Kier alpha value is -1.55. The molecule has 0 aliphatic rings. The number of ether oxygens (including phenoxy) is 1. The van der Waals surface area contributed by atoms with Crippen molar-refractivity contribution in [1.29, 1.82) is 0 Å². The van der Waals surface area contributed by atoms with Gasteiger partial charge in [-0.25, -0.2) is 0 Å². The zero-order valence-electron chi connectivity index (χ0n) is 11.4. The van der Waals surface area contributed by atoms with E-state index in [1.807, 2.05) is 43.9 Å². The van der Waals surface area contributed by atoms with Gasteiger partial charge in [-0.15, -0.1) is 0 Å². The van der Waals surface area contributed by atoms with Gasteiger partial charge < -0.3 is 9.84 Å². The summed E-state index contributed by atoms with van der Waals surface area (Å²) < 4.78 is 5.31. The predicted molar refractivity (Wildman–Crippen MR) is 70.9 cm³/mol. The molecule has 0 radical (unpaired) electrons. The molecule has 4 nitrogen and oxygen atoms in total. The second-order valence-corrected chi connectivity index (χ2v) is 4.71. The number of hydrogen-bond donors (Lipinski definition) is 1. The van der Waals surface area contributed by atoms with Crippen molar-refractivity contribution in [2.24, 2.45) is 0 Å². The topological polar surface area (TPSA) is 49.8 Å². The Kier molecular flexibility index (Phi) is 5.16. The van der Waals surface area contributed by atoms with E-state index in [0.29, 0.717) is 6.54 Å². The quantitative estimate of drug-likeness (QED) is 0.843. The first-order valence-electron chi connectivity index (χ1n) is 6.03. The molecule has 0 atom stereocenters. The molecular formula is C14H21NO3. The van der Waals surface area contributed by atoms with Crippen LogP contribution in [0.4, 0.5) is 0 Å². The van der Waals surface area contributed by atoms with Crippen molar-refractivity contribution in [1.82, 2.24) is 4.90 Å². The van der Waals surface area contributed by atoms with E-state index in [4.69, 9.17) is 9.84 Å². The first-order valence-corrected chi connectivity index (χ1v) is 6.03. The zero-order chi connectivity index (χ0) is 13.7. The summed E-state index contributed by atoms with van der Waals surface area (Å²) in [7, 11) is 1.63. The third-order valence-electron chi connectivity index (χ3n) is 2.88. The van der Waals surface area contributed by atoms with Crippen LogP contribution in [0.1, 0.15) is 25.0 Å². The summed E-state index contributed by atoms with van der Waals surface area (Å²) in [6.45, 7) is 6.61. The molecular weight excluding hydrogens is 230 g/mol. The van der Waals surface area contributed by atoms with Crippen LogP contribution in [0.5, 0.6) is 5.75 Å². The lowest BCUT2D eigenvalue weighted by molar-refractivity contribution is -0.138. The van der Waals surface area contributed by atoms with Crippen LogP contribution < -0.4 is 4.74 Å². The SMILES string of the molecule is COc1ccc(C)cc1CN(CC(=O)O)C(C)C. The maximum Gasteiger partial charge on any atom is 0.317 e. The first kappa shape index (κ1) is 14.5. The number of aryl methyl sites for hydroxylation is 1. The molecule has 0 bridgehead atoms. The van der Waals surface area contributed by atoms with Gasteiger partial charge in [-0.3, -0.25) is 9.69 Å². The van der Waals surface area contributed by atoms with Crippen LogP contribution in [-0.4, -0.2) is 35.7 Å².